The Hall–Kier alpha value is -4.62. The summed E-state index contributed by atoms with van der Waals surface area (Å²) in [5.74, 6) is 2.01. The molecule has 2 aliphatic rings. The first kappa shape index (κ1) is 34.3. The number of carbonyl (C=O) groups excluding carboxylic acids is 2. The molecule has 1 fully saturated rings. The molecule has 13 nitrogen and oxygen atoms in total. The van der Waals surface area contributed by atoms with Gasteiger partial charge in [-0.05, 0) is 42.0 Å². The minimum absolute atomic E-state index is 0.0219. The number of carbonyl (C=O) groups is 2. The number of amides is 3. The molecule has 0 unspecified atom stereocenters. The van der Waals surface area contributed by atoms with E-state index in [1.165, 1.54) is 0 Å². The average molecular weight is 670 g/mol. The molecule has 0 spiro atoms. The number of nitrogens with zero attached hydrogens (tertiary/aromatic N) is 6. The average Bonchev–Trinajstić information content (AvgIpc) is 3.46. The number of hydrogen-bond acceptors (Lipinski definition) is 9. The monoisotopic (exact) mass is 669 g/mol. The minimum Gasteiger partial charge on any atom is -0.484 e. The summed E-state index contributed by atoms with van der Waals surface area (Å²) in [6.07, 6.45) is 3.98. The highest BCUT2D eigenvalue weighted by Crippen LogP contribution is 2.39. The predicted octanol–water partition coefficient (Wildman–Crippen LogP) is 4.85. The molecule has 4 heterocycles. The van der Waals surface area contributed by atoms with Crippen molar-refractivity contribution in [1.29, 1.82) is 0 Å². The fourth-order valence-electron chi connectivity index (χ4n) is 6.22. The van der Waals surface area contributed by atoms with Crippen molar-refractivity contribution >= 4 is 23.4 Å². The van der Waals surface area contributed by atoms with Gasteiger partial charge in [-0.2, -0.15) is 0 Å². The Morgan fingerprint density at radius 3 is 2.55 bits per heavy atom. The molecule has 260 valence electrons. The van der Waals surface area contributed by atoms with Crippen molar-refractivity contribution < 1.29 is 19.1 Å². The maximum absolute atomic E-state index is 13.4. The van der Waals surface area contributed by atoms with Crippen molar-refractivity contribution in [2.24, 2.45) is 5.92 Å². The smallest absolute Gasteiger partial charge is 0.320 e. The van der Waals surface area contributed by atoms with Crippen molar-refractivity contribution in [3.05, 3.63) is 77.1 Å². The van der Waals surface area contributed by atoms with Crippen LogP contribution >= 0.6 is 0 Å². The summed E-state index contributed by atoms with van der Waals surface area (Å²) >= 11 is 0. The first-order chi connectivity index (χ1) is 23.5. The first-order valence-electron chi connectivity index (χ1n) is 17.2. The Labute approximate surface area is 287 Å². The molecule has 3 N–H and O–H groups in total. The molecule has 3 aromatic heterocycles. The Morgan fingerprint density at radius 2 is 1.80 bits per heavy atom. The second-order valence-corrected chi connectivity index (χ2v) is 14.2. The summed E-state index contributed by atoms with van der Waals surface area (Å²) in [5, 5.41) is 17.6. The molecule has 0 bridgehead atoms. The molecule has 3 amide bonds. The van der Waals surface area contributed by atoms with Crippen LogP contribution in [-0.2, 0) is 16.6 Å². The van der Waals surface area contributed by atoms with E-state index >= 15 is 0 Å². The topological polar surface area (TPSA) is 148 Å². The molecule has 1 aromatic carbocycles. The van der Waals surface area contributed by atoms with Crippen LogP contribution in [0.5, 0.6) is 5.75 Å². The molecular weight excluding hydrogens is 622 g/mol. The van der Waals surface area contributed by atoms with Crippen LogP contribution in [0.3, 0.4) is 0 Å². The van der Waals surface area contributed by atoms with Gasteiger partial charge in [0, 0.05) is 44.1 Å². The standard InChI is InChI=1S/C36H47N9O4/c1-23(2)20-32-43-42-31-13-10-24(22-45(31)32)49-28-12-11-27(25-8-6-7-9-26(25)28)38-35(47)41-30-21-29(36(3,4)5)39-33(40-30)34(46)37-14-15-44-16-18-48-19-17-44/h6-10,13,21-23,27-28H,11-12,14-20H2,1-5H3,(H,37,46)(H2,38,39,40,41,47)/t27-,28+/m0/s1. The van der Waals surface area contributed by atoms with E-state index in [1.54, 1.807) is 6.07 Å². The third-order valence-electron chi connectivity index (χ3n) is 8.81. The van der Waals surface area contributed by atoms with Gasteiger partial charge in [0.05, 0.1) is 31.1 Å². The summed E-state index contributed by atoms with van der Waals surface area (Å²) in [6, 6.07) is 13.0. The van der Waals surface area contributed by atoms with Gasteiger partial charge in [0.1, 0.15) is 23.5 Å². The van der Waals surface area contributed by atoms with Gasteiger partial charge in [-0.25, -0.2) is 14.8 Å². The number of hydrogen-bond donors (Lipinski definition) is 3. The molecule has 4 aromatic rings. The zero-order valence-electron chi connectivity index (χ0n) is 29.0. The molecule has 1 aliphatic carbocycles. The van der Waals surface area contributed by atoms with Gasteiger partial charge in [0.25, 0.3) is 5.91 Å². The van der Waals surface area contributed by atoms with E-state index < -0.39 is 6.03 Å². The first-order valence-corrected chi connectivity index (χ1v) is 17.2. The summed E-state index contributed by atoms with van der Waals surface area (Å²) in [7, 11) is 0. The normalized spacial score (nSPS) is 18.2. The van der Waals surface area contributed by atoms with Gasteiger partial charge >= 0.3 is 6.03 Å². The molecule has 49 heavy (non-hydrogen) atoms. The highest BCUT2D eigenvalue weighted by atomic mass is 16.5. The predicted molar refractivity (Wildman–Crippen MR) is 186 cm³/mol. The van der Waals surface area contributed by atoms with Gasteiger partial charge in [0.2, 0.25) is 5.82 Å². The number of anilines is 1. The maximum Gasteiger partial charge on any atom is 0.320 e. The molecule has 2 atom stereocenters. The van der Waals surface area contributed by atoms with Gasteiger partial charge in [-0.3, -0.25) is 19.4 Å². The number of ether oxygens (including phenoxy) is 2. The Kier molecular flexibility index (Phi) is 10.4. The van der Waals surface area contributed by atoms with Crippen LogP contribution in [0.25, 0.3) is 5.65 Å². The van der Waals surface area contributed by atoms with Crippen molar-refractivity contribution in [3.63, 3.8) is 0 Å². The van der Waals surface area contributed by atoms with E-state index in [1.807, 2.05) is 61.7 Å². The number of pyridine rings is 1. The SMILES string of the molecule is CC(C)Cc1nnc2ccc(O[C@@H]3CC[C@H](NC(=O)Nc4cc(C(C)(C)C)nc(C(=O)NCCN5CCOCC5)n4)c4ccccc43)cn12. The van der Waals surface area contributed by atoms with Crippen molar-refractivity contribution in [1.82, 2.24) is 40.1 Å². The number of fused-ring (bicyclic) bond motifs is 2. The highest BCUT2D eigenvalue weighted by Gasteiger charge is 2.30. The lowest BCUT2D eigenvalue weighted by atomic mass is 9.85. The van der Waals surface area contributed by atoms with Crippen molar-refractivity contribution in [2.75, 3.05) is 44.7 Å². The quantitative estimate of drug-likeness (QED) is 0.216. The highest BCUT2D eigenvalue weighted by molar-refractivity contribution is 5.92. The molecule has 0 radical (unpaired) electrons. The summed E-state index contributed by atoms with van der Waals surface area (Å²) in [5.41, 5.74) is 3.10. The number of rotatable bonds is 10. The van der Waals surface area contributed by atoms with Crippen molar-refractivity contribution in [2.45, 2.75) is 71.4 Å². The zero-order valence-corrected chi connectivity index (χ0v) is 29.0. The summed E-state index contributed by atoms with van der Waals surface area (Å²) in [6.45, 7) is 14.6. The second-order valence-electron chi connectivity index (χ2n) is 14.2. The number of aromatic nitrogens is 5. The van der Waals surface area contributed by atoms with E-state index in [9.17, 15) is 9.59 Å². The van der Waals surface area contributed by atoms with Gasteiger partial charge in [0.15, 0.2) is 5.65 Å². The van der Waals surface area contributed by atoms with E-state index in [-0.39, 0.29) is 35.1 Å². The van der Waals surface area contributed by atoms with E-state index in [0.29, 0.717) is 50.8 Å². The van der Waals surface area contributed by atoms with Crippen LogP contribution in [0, 0.1) is 5.92 Å². The fourth-order valence-corrected chi connectivity index (χ4v) is 6.22. The lowest BCUT2D eigenvalue weighted by Gasteiger charge is -2.32. The Bertz CT molecular complexity index is 1780. The van der Waals surface area contributed by atoms with Crippen LogP contribution in [0.1, 0.15) is 92.9 Å². The van der Waals surface area contributed by atoms with Crippen LogP contribution in [0.15, 0.2) is 48.7 Å². The third-order valence-corrected chi connectivity index (χ3v) is 8.81. The van der Waals surface area contributed by atoms with Crippen LogP contribution in [0.2, 0.25) is 0 Å². The van der Waals surface area contributed by atoms with Gasteiger partial charge in [-0.1, -0.05) is 58.9 Å². The minimum atomic E-state index is -0.410. The third kappa shape index (κ3) is 8.52. The molecule has 6 rings (SSSR count). The lowest BCUT2D eigenvalue weighted by molar-refractivity contribution is 0.0383. The summed E-state index contributed by atoms with van der Waals surface area (Å²) in [4.78, 5) is 37.7. The van der Waals surface area contributed by atoms with Gasteiger partial charge in [-0.15, -0.1) is 10.2 Å². The van der Waals surface area contributed by atoms with E-state index in [4.69, 9.17) is 9.47 Å². The van der Waals surface area contributed by atoms with Crippen LogP contribution in [0.4, 0.5) is 10.6 Å². The van der Waals surface area contributed by atoms with Crippen LogP contribution in [-0.4, -0.2) is 80.8 Å². The molecule has 0 saturated carbocycles. The molecule has 1 saturated heterocycles. The second kappa shape index (κ2) is 14.9. The number of nitrogens with one attached hydrogen (secondary N) is 3. The molecule has 13 heteroatoms. The van der Waals surface area contributed by atoms with E-state index in [0.717, 1.165) is 47.9 Å². The Morgan fingerprint density at radius 1 is 1.02 bits per heavy atom. The molecular formula is C36H47N9O4. The van der Waals surface area contributed by atoms with Crippen LogP contribution < -0.4 is 20.7 Å². The lowest BCUT2D eigenvalue weighted by Crippen LogP contribution is -2.41. The zero-order chi connectivity index (χ0) is 34.5. The molecule has 1 aliphatic heterocycles. The number of benzene rings is 1. The van der Waals surface area contributed by atoms with E-state index in [2.05, 4.69) is 60.9 Å². The summed E-state index contributed by atoms with van der Waals surface area (Å²) < 4.78 is 13.9. The van der Waals surface area contributed by atoms with Gasteiger partial charge < -0.3 is 20.1 Å². The number of morpholine rings is 1. The number of urea groups is 1. The van der Waals surface area contributed by atoms with Crippen molar-refractivity contribution in [3.8, 4) is 5.75 Å². The fraction of sp³-hybridized carbons (Fsp3) is 0.500. The maximum atomic E-state index is 13.4. The largest absolute Gasteiger partial charge is 0.484 e. The Balaban J connectivity index is 1.12.